The predicted molar refractivity (Wildman–Crippen MR) is 85.8 cm³/mol. The molecule has 0 fully saturated rings. The fraction of sp³-hybridized carbons (Fsp3) is 0.250. The minimum atomic E-state index is -0.123. The van der Waals surface area contributed by atoms with Gasteiger partial charge in [-0.25, -0.2) is 0 Å². The van der Waals surface area contributed by atoms with Crippen LogP contribution in [0.1, 0.15) is 5.56 Å². The lowest BCUT2D eigenvalue weighted by atomic mass is 10.2. The number of ether oxygens (including phenoxy) is 1. The summed E-state index contributed by atoms with van der Waals surface area (Å²) < 4.78 is 6.29. The van der Waals surface area contributed by atoms with E-state index in [1.54, 1.807) is 18.2 Å². The first kappa shape index (κ1) is 16.2. The van der Waals surface area contributed by atoms with Gasteiger partial charge >= 0.3 is 0 Å². The summed E-state index contributed by atoms with van der Waals surface area (Å²) in [6.45, 7) is 2.84. The van der Waals surface area contributed by atoms with Gasteiger partial charge < -0.3 is 15.3 Å². The molecular weight excluding hydrogens is 300 g/mol. The molecular formula is C16H18N2O3S. The van der Waals surface area contributed by atoms with Gasteiger partial charge in [0.2, 0.25) is 5.91 Å². The monoisotopic (exact) mass is 318 g/mol. The molecule has 1 aromatic carbocycles. The largest absolute Gasteiger partial charge is 0.618 e. The number of nitrogens with zero attached hydrogens (tertiary/aromatic N) is 1. The molecule has 0 radical (unpaired) electrons. The number of hydrogen-bond acceptors (Lipinski definition) is 4. The zero-order valence-corrected chi connectivity index (χ0v) is 13.1. The molecule has 2 rings (SSSR count). The van der Waals surface area contributed by atoms with Gasteiger partial charge in [0.15, 0.2) is 6.20 Å². The summed E-state index contributed by atoms with van der Waals surface area (Å²) >= 11 is 1.21. The van der Waals surface area contributed by atoms with E-state index in [9.17, 15) is 10.0 Å². The zero-order chi connectivity index (χ0) is 15.8. The molecule has 0 spiro atoms. The van der Waals surface area contributed by atoms with E-state index in [4.69, 9.17) is 4.74 Å². The fourth-order valence-electron chi connectivity index (χ4n) is 1.78. The lowest BCUT2D eigenvalue weighted by Gasteiger charge is -2.08. The fourth-order valence-corrected chi connectivity index (χ4v) is 2.52. The maximum atomic E-state index is 11.7. The van der Waals surface area contributed by atoms with Crippen molar-refractivity contribution in [3.63, 3.8) is 0 Å². The number of nitrogens with one attached hydrogen (secondary N) is 1. The molecule has 0 saturated heterocycles. The van der Waals surface area contributed by atoms with Crippen LogP contribution in [0.5, 0.6) is 5.75 Å². The van der Waals surface area contributed by atoms with Gasteiger partial charge in [0, 0.05) is 12.1 Å². The SMILES string of the molecule is Cc1cccc(OCCNC(=O)CSc2cccc[n+]2[O-])c1. The van der Waals surface area contributed by atoms with Gasteiger partial charge in [-0.2, -0.15) is 4.73 Å². The highest BCUT2D eigenvalue weighted by molar-refractivity contribution is 7.99. The molecule has 0 aliphatic heterocycles. The maximum absolute atomic E-state index is 11.7. The molecule has 0 bridgehead atoms. The van der Waals surface area contributed by atoms with E-state index in [-0.39, 0.29) is 11.7 Å². The number of carbonyl (C=O) groups is 1. The minimum Gasteiger partial charge on any atom is -0.618 e. The summed E-state index contributed by atoms with van der Waals surface area (Å²) in [5.74, 6) is 0.874. The summed E-state index contributed by atoms with van der Waals surface area (Å²) in [5.41, 5.74) is 1.13. The number of hydrogen-bond donors (Lipinski definition) is 1. The number of thioether (sulfide) groups is 1. The van der Waals surface area contributed by atoms with E-state index < -0.39 is 0 Å². The van der Waals surface area contributed by atoms with E-state index in [1.807, 2.05) is 31.2 Å². The van der Waals surface area contributed by atoms with Crippen molar-refractivity contribution >= 4 is 17.7 Å². The minimum absolute atomic E-state index is 0.123. The summed E-state index contributed by atoms with van der Waals surface area (Å²) in [4.78, 5) is 11.7. The van der Waals surface area contributed by atoms with Crippen LogP contribution in [0.2, 0.25) is 0 Å². The van der Waals surface area contributed by atoms with Crippen LogP contribution in [0.4, 0.5) is 0 Å². The normalized spacial score (nSPS) is 10.2. The molecule has 116 valence electrons. The van der Waals surface area contributed by atoms with Crippen LogP contribution >= 0.6 is 11.8 Å². The summed E-state index contributed by atoms with van der Waals surface area (Å²) in [6.07, 6.45) is 1.41. The van der Waals surface area contributed by atoms with E-state index in [2.05, 4.69) is 5.32 Å². The zero-order valence-electron chi connectivity index (χ0n) is 12.3. The van der Waals surface area contributed by atoms with Crippen LogP contribution in [0, 0.1) is 12.1 Å². The lowest BCUT2D eigenvalue weighted by molar-refractivity contribution is -0.645. The van der Waals surface area contributed by atoms with Gasteiger partial charge in [-0.3, -0.25) is 4.79 Å². The van der Waals surface area contributed by atoms with E-state index >= 15 is 0 Å². The molecule has 0 aliphatic rings. The second kappa shape index (κ2) is 8.29. The Labute approximate surface area is 133 Å². The molecule has 22 heavy (non-hydrogen) atoms. The third-order valence-corrected chi connectivity index (χ3v) is 3.84. The molecule has 0 unspecified atom stereocenters. The van der Waals surface area contributed by atoms with Crippen molar-refractivity contribution in [3.8, 4) is 5.75 Å². The molecule has 0 atom stereocenters. The average Bonchev–Trinajstić information content (AvgIpc) is 2.51. The summed E-state index contributed by atoms with van der Waals surface area (Å²) in [5, 5.41) is 14.7. The Morgan fingerprint density at radius 1 is 1.32 bits per heavy atom. The lowest BCUT2D eigenvalue weighted by Crippen LogP contribution is -2.31. The topological polar surface area (TPSA) is 65.3 Å². The van der Waals surface area contributed by atoms with Crippen molar-refractivity contribution in [1.82, 2.24) is 5.32 Å². The van der Waals surface area contributed by atoms with Crippen LogP contribution in [-0.2, 0) is 4.79 Å². The van der Waals surface area contributed by atoms with Crippen molar-refractivity contribution in [2.45, 2.75) is 11.9 Å². The van der Waals surface area contributed by atoms with Gasteiger partial charge in [0.05, 0.1) is 12.3 Å². The molecule has 6 heteroatoms. The number of pyridine rings is 1. The van der Waals surface area contributed by atoms with Crippen molar-refractivity contribution in [1.29, 1.82) is 0 Å². The Balaban J connectivity index is 1.65. The highest BCUT2D eigenvalue weighted by atomic mass is 32.2. The number of aryl methyl sites for hydroxylation is 1. The Morgan fingerprint density at radius 2 is 2.18 bits per heavy atom. The molecule has 1 N–H and O–H groups in total. The van der Waals surface area contributed by atoms with Crippen LogP contribution < -0.4 is 14.8 Å². The van der Waals surface area contributed by atoms with Crippen LogP contribution in [0.25, 0.3) is 0 Å². The Hall–Kier alpha value is -2.21. The van der Waals surface area contributed by atoms with Crippen LogP contribution in [0.3, 0.4) is 0 Å². The van der Waals surface area contributed by atoms with E-state index in [0.717, 1.165) is 16.0 Å². The Bertz CT molecular complexity index is 634. The van der Waals surface area contributed by atoms with Crippen molar-refractivity contribution in [3.05, 3.63) is 59.4 Å². The number of amides is 1. The quantitative estimate of drug-likeness (QED) is 0.367. The molecule has 0 saturated carbocycles. The number of aromatic nitrogens is 1. The number of carbonyl (C=O) groups excluding carboxylic acids is 1. The predicted octanol–water partition coefficient (Wildman–Crippen LogP) is 1.92. The van der Waals surface area contributed by atoms with Crippen molar-refractivity contribution < 1.29 is 14.3 Å². The molecule has 1 aromatic heterocycles. The van der Waals surface area contributed by atoms with E-state index in [0.29, 0.717) is 18.2 Å². The van der Waals surface area contributed by atoms with Crippen LogP contribution in [0.15, 0.2) is 53.7 Å². The van der Waals surface area contributed by atoms with Gasteiger partial charge in [-0.1, -0.05) is 12.1 Å². The number of benzene rings is 1. The smallest absolute Gasteiger partial charge is 0.251 e. The first-order chi connectivity index (χ1) is 10.6. The molecule has 1 amide bonds. The molecule has 1 heterocycles. The maximum Gasteiger partial charge on any atom is 0.251 e. The highest BCUT2D eigenvalue weighted by Gasteiger charge is 2.08. The first-order valence-electron chi connectivity index (χ1n) is 6.92. The summed E-state index contributed by atoms with van der Waals surface area (Å²) in [7, 11) is 0. The second-order valence-electron chi connectivity index (χ2n) is 4.67. The Morgan fingerprint density at radius 3 is 2.95 bits per heavy atom. The Kier molecular flexibility index (Phi) is 6.09. The molecule has 2 aromatic rings. The van der Waals surface area contributed by atoms with Crippen molar-refractivity contribution in [2.24, 2.45) is 0 Å². The third kappa shape index (κ3) is 5.29. The van der Waals surface area contributed by atoms with Crippen LogP contribution in [-0.4, -0.2) is 24.8 Å². The molecule has 0 aliphatic carbocycles. The van der Waals surface area contributed by atoms with Gasteiger partial charge in [-0.05, 0) is 42.4 Å². The second-order valence-corrected chi connectivity index (χ2v) is 5.66. The third-order valence-electron chi connectivity index (χ3n) is 2.82. The van der Waals surface area contributed by atoms with Gasteiger partial charge in [0.25, 0.3) is 5.03 Å². The van der Waals surface area contributed by atoms with Crippen molar-refractivity contribution in [2.75, 3.05) is 18.9 Å². The van der Waals surface area contributed by atoms with Gasteiger partial charge in [-0.15, -0.1) is 0 Å². The van der Waals surface area contributed by atoms with E-state index in [1.165, 1.54) is 18.0 Å². The number of rotatable bonds is 7. The standard InChI is InChI=1S/C16H18N2O3S/c1-13-5-4-6-14(11-13)21-10-8-17-15(19)12-22-16-7-2-3-9-18(16)20/h2-7,9,11H,8,10,12H2,1H3,(H,17,19). The highest BCUT2D eigenvalue weighted by Crippen LogP contribution is 2.12. The molecule has 5 nitrogen and oxygen atoms in total. The van der Waals surface area contributed by atoms with Gasteiger partial charge in [0.1, 0.15) is 12.4 Å². The summed E-state index contributed by atoms with van der Waals surface area (Å²) in [6, 6.07) is 12.9. The average molecular weight is 318 g/mol. The first-order valence-corrected chi connectivity index (χ1v) is 7.91.